The maximum atomic E-state index is 11.2. The van der Waals surface area contributed by atoms with E-state index in [0.717, 1.165) is 44.9 Å². The standard InChI is InChI=1S/C13H27NO3/c1-3-5-7-9-11-13(12-15,14(16)17)10-8-6-4-2/h15H,3-12H2,1-2H3. The van der Waals surface area contributed by atoms with Gasteiger partial charge in [-0.15, -0.1) is 0 Å². The van der Waals surface area contributed by atoms with E-state index in [2.05, 4.69) is 13.8 Å². The number of aliphatic hydroxyl groups excluding tert-OH is 1. The van der Waals surface area contributed by atoms with Crippen molar-refractivity contribution in [2.45, 2.75) is 77.2 Å². The first-order valence-corrected chi connectivity index (χ1v) is 6.88. The lowest BCUT2D eigenvalue weighted by atomic mass is 9.88. The molecule has 4 heteroatoms. The zero-order chi connectivity index (χ0) is 13.1. The third-order valence-corrected chi connectivity index (χ3v) is 3.42. The molecule has 0 saturated carbocycles. The molecule has 0 aliphatic rings. The van der Waals surface area contributed by atoms with E-state index in [9.17, 15) is 15.2 Å². The first kappa shape index (κ1) is 16.4. The molecule has 0 saturated heterocycles. The van der Waals surface area contributed by atoms with Crippen molar-refractivity contribution < 1.29 is 10.0 Å². The van der Waals surface area contributed by atoms with Crippen LogP contribution in [0.5, 0.6) is 0 Å². The molecule has 0 radical (unpaired) electrons. The maximum absolute atomic E-state index is 11.2. The van der Waals surface area contributed by atoms with Gasteiger partial charge in [-0.3, -0.25) is 10.1 Å². The van der Waals surface area contributed by atoms with E-state index in [1.165, 1.54) is 0 Å². The summed E-state index contributed by atoms with van der Waals surface area (Å²) in [6.45, 7) is 3.87. The minimum atomic E-state index is -1.08. The average molecular weight is 245 g/mol. The fraction of sp³-hybridized carbons (Fsp3) is 1.00. The van der Waals surface area contributed by atoms with Crippen LogP contribution >= 0.6 is 0 Å². The van der Waals surface area contributed by atoms with Crippen molar-refractivity contribution in [2.24, 2.45) is 0 Å². The molecular weight excluding hydrogens is 218 g/mol. The zero-order valence-corrected chi connectivity index (χ0v) is 11.3. The van der Waals surface area contributed by atoms with Gasteiger partial charge in [0.1, 0.15) is 6.61 Å². The maximum Gasteiger partial charge on any atom is 0.244 e. The van der Waals surface area contributed by atoms with Crippen LogP contribution in [0.2, 0.25) is 0 Å². The molecule has 0 aromatic heterocycles. The fourth-order valence-corrected chi connectivity index (χ4v) is 2.11. The van der Waals surface area contributed by atoms with Gasteiger partial charge < -0.3 is 5.11 Å². The molecule has 1 unspecified atom stereocenters. The van der Waals surface area contributed by atoms with Crippen molar-refractivity contribution in [3.63, 3.8) is 0 Å². The van der Waals surface area contributed by atoms with Crippen molar-refractivity contribution in [2.75, 3.05) is 6.61 Å². The van der Waals surface area contributed by atoms with Gasteiger partial charge >= 0.3 is 0 Å². The second-order valence-corrected chi connectivity index (χ2v) is 4.91. The molecular formula is C13H27NO3. The van der Waals surface area contributed by atoms with Crippen LogP contribution in [0.15, 0.2) is 0 Å². The van der Waals surface area contributed by atoms with E-state index in [1.54, 1.807) is 0 Å². The monoisotopic (exact) mass is 245 g/mol. The smallest absolute Gasteiger partial charge is 0.244 e. The summed E-state index contributed by atoms with van der Waals surface area (Å²) >= 11 is 0. The van der Waals surface area contributed by atoms with E-state index < -0.39 is 5.54 Å². The molecule has 0 bridgehead atoms. The predicted octanol–water partition coefficient (Wildman–Crippen LogP) is 3.54. The van der Waals surface area contributed by atoms with Crippen molar-refractivity contribution >= 4 is 0 Å². The van der Waals surface area contributed by atoms with E-state index in [0.29, 0.717) is 12.8 Å². The summed E-state index contributed by atoms with van der Waals surface area (Å²) in [7, 11) is 0. The molecule has 0 aliphatic carbocycles. The average Bonchev–Trinajstić information content (AvgIpc) is 2.32. The van der Waals surface area contributed by atoms with Gasteiger partial charge in [0.25, 0.3) is 0 Å². The molecule has 1 N–H and O–H groups in total. The molecule has 0 heterocycles. The second-order valence-electron chi connectivity index (χ2n) is 4.91. The third-order valence-electron chi connectivity index (χ3n) is 3.42. The molecule has 0 amide bonds. The highest BCUT2D eigenvalue weighted by molar-refractivity contribution is 4.78. The number of hydrogen-bond donors (Lipinski definition) is 1. The summed E-state index contributed by atoms with van der Waals surface area (Å²) in [6, 6.07) is 0. The van der Waals surface area contributed by atoms with Gasteiger partial charge in [0.2, 0.25) is 5.54 Å². The number of nitro groups is 1. The van der Waals surface area contributed by atoms with E-state index >= 15 is 0 Å². The summed E-state index contributed by atoms with van der Waals surface area (Å²) in [4.78, 5) is 10.9. The van der Waals surface area contributed by atoms with Crippen molar-refractivity contribution in [1.29, 1.82) is 0 Å². The van der Waals surface area contributed by atoms with Crippen molar-refractivity contribution in [1.82, 2.24) is 0 Å². The molecule has 0 aliphatic heterocycles. The molecule has 0 aromatic carbocycles. The van der Waals surface area contributed by atoms with Gasteiger partial charge in [-0.25, -0.2) is 0 Å². The number of rotatable bonds is 11. The van der Waals surface area contributed by atoms with E-state index in [1.807, 2.05) is 0 Å². The largest absolute Gasteiger partial charge is 0.389 e. The van der Waals surface area contributed by atoms with Crippen LogP contribution in [0, 0.1) is 10.1 Å². The Morgan fingerprint density at radius 2 is 1.47 bits per heavy atom. The molecule has 17 heavy (non-hydrogen) atoms. The van der Waals surface area contributed by atoms with Gasteiger partial charge in [0.05, 0.1) is 0 Å². The zero-order valence-electron chi connectivity index (χ0n) is 11.3. The second kappa shape index (κ2) is 9.40. The van der Waals surface area contributed by atoms with Crippen LogP contribution in [0.1, 0.15) is 71.6 Å². The molecule has 0 fully saturated rings. The summed E-state index contributed by atoms with van der Waals surface area (Å²) in [5.41, 5.74) is -1.08. The Morgan fingerprint density at radius 1 is 1.00 bits per heavy atom. The summed E-state index contributed by atoms with van der Waals surface area (Å²) < 4.78 is 0. The predicted molar refractivity (Wildman–Crippen MR) is 69.7 cm³/mol. The first-order chi connectivity index (χ1) is 8.13. The molecule has 4 nitrogen and oxygen atoms in total. The minimum absolute atomic E-state index is 0.255. The lowest BCUT2D eigenvalue weighted by Crippen LogP contribution is -2.42. The van der Waals surface area contributed by atoms with Crippen LogP contribution in [0.25, 0.3) is 0 Å². The molecule has 102 valence electrons. The van der Waals surface area contributed by atoms with Crippen molar-refractivity contribution in [3.05, 3.63) is 10.1 Å². The summed E-state index contributed by atoms with van der Waals surface area (Å²) in [6.07, 6.45) is 8.04. The first-order valence-electron chi connectivity index (χ1n) is 6.88. The Balaban J connectivity index is 4.22. The highest BCUT2D eigenvalue weighted by atomic mass is 16.6. The van der Waals surface area contributed by atoms with E-state index in [-0.39, 0.29) is 11.5 Å². The summed E-state index contributed by atoms with van der Waals surface area (Å²) in [5, 5.41) is 20.5. The SMILES string of the molecule is CCCCCCC(CO)(CCCCC)[N+](=O)[O-]. The minimum Gasteiger partial charge on any atom is -0.389 e. The quantitative estimate of drug-likeness (QED) is 0.344. The Bertz CT molecular complexity index is 209. The molecule has 0 aromatic rings. The Labute approximate surface area is 105 Å². The molecule has 0 rings (SSSR count). The lowest BCUT2D eigenvalue weighted by molar-refractivity contribution is -0.576. The highest BCUT2D eigenvalue weighted by Gasteiger charge is 2.40. The Kier molecular flexibility index (Phi) is 9.04. The van der Waals surface area contributed by atoms with Gasteiger partial charge in [0, 0.05) is 17.8 Å². The van der Waals surface area contributed by atoms with Gasteiger partial charge in [-0.1, -0.05) is 46.0 Å². The van der Waals surface area contributed by atoms with Crippen molar-refractivity contribution in [3.8, 4) is 0 Å². The van der Waals surface area contributed by atoms with Crippen LogP contribution in [-0.2, 0) is 0 Å². The fourth-order valence-electron chi connectivity index (χ4n) is 2.11. The van der Waals surface area contributed by atoms with Crippen LogP contribution in [-0.4, -0.2) is 22.2 Å². The van der Waals surface area contributed by atoms with Crippen LogP contribution < -0.4 is 0 Å². The normalized spacial score (nSPS) is 14.5. The van der Waals surface area contributed by atoms with E-state index in [4.69, 9.17) is 0 Å². The Morgan fingerprint density at radius 3 is 1.88 bits per heavy atom. The number of nitrogens with zero attached hydrogens (tertiary/aromatic N) is 1. The summed E-state index contributed by atoms with van der Waals surface area (Å²) in [5.74, 6) is 0. The number of aliphatic hydroxyl groups is 1. The number of unbranched alkanes of at least 4 members (excludes halogenated alkanes) is 5. The molecule has 1 atom stereocenters. The molecule has 0 spiro atoms. The number of hydrogen-bond acceptors (Lipinski definition) is 3. The lowest BCUT2D eigenvalue weighted by Gasteiger charge is -2.23. The topological polar surface area (TPSA) is 63.4 Å². The van der Waals surface area contributed by atoms with Crippen LogP contribution in [0.3, 0.4) is 0 Å². The van der Waals surface area contributed by atoms with Crippen LogP contribution in [0.4, 0.5) is 0 Å². The van der Waals surface area contributed by atoms with Gasteiger partial charge in [0.15, 0.2) is 0 Å². The highest BCUT2D eigenvalue weighted by Crippen LogP contribution is 2.25. The van der Waals surface area contributed by atoms with Gasteiger partial charge in [-0.2, -0.15) is 0 Å². The van der Waals surface area contributed by atoms with Gasteiger partial charge in [-0.05, 0) is 12.8 Å². The third kappa shape index (κ3) is 6.01. The Hall–Kier alpha value is -0.640.